The predicted octanol–water partition coefficient (Wildman–Crippen LogP) is 2.78. The highest BCUT2D eigenvalue weighted by molar-refractivity contribution is 5.19. The van der Waals surface area contributed by atoms with Crippen molar-refractivity contribution in [1.82, 2.24) is 5.32 Å². The first kappa shape index (κ1) is 12.5. The average molecular weight is 237 g/mol. The fourth-order valence-electron chi connectivity index (χ4n) is 2.47. The van der Waals surface area contributed by atoms with Crippen LogP contribution in [0.1, 0.15) is 44.2 Å². The Kier molecular flexibility index (Phi) is 4.13. The Morgan fingerprint density at radius 2 is 1.88 bits per heavy atom. The number of nitrogens with one attached hydrogen (secondary N) is 1. The molecule has 2 nitrogen and oxygen atoms in total. The number of halogens is 1. The second-order valence-electron chi connectivity index (χ2n) is 4.90. The quantitative estimate of drug-likeness (QED) is 0.847. The van der Waals surface area contributed by atoms with Gasteiger partial charge in [0.2, 0.25) is 0 Å². The molecule has 1 aromatic carbocycles. The molecule has 0 aromatic heterocycles. The molecule has 0 amide bonds. The Morgan fingerprint density at radius 3 is 2.53 bits per heavy atom. The van der Waals surface area contributed by atoms with Gasteiger partial charge >= 0.3 is 0 Å². The maximum atomic E-state index is 12.8. The molecule has 3 atom stereocenters. The number of aliphatic hydroxyl groups is 1. The van der Waals surface area contributed by atoms with Gasteiger partial charge in [0.15, 0.2) is 0 Å². The van der Waals surface area contributed by atoms with Gasteiger partial charge in [-0.3, -0.25) is 0 Å². The van der Waals surface area contributed by atoms with Crippen LogP contribution in [0.5, 0.6) is 0 Å². The average Bonchev–Trinajstić information content (AvgIpc) is 2.33. The summed E-state index contributed by atoms with van der Waals surface area (Å²) in [7, 11) is 0. The molecular weight excluding hydrogens is 217 g/mol. The minimum atomic E-state index is -0.244. The molecule has 2 N–H and O–H groups in total. The van der Waals surface area contributed by atoms with Crippen molar-refractivity contribution in [3.63, 3.8) is 0 Å². The van der Waals surface area contributed by atoms with E-state index in [-0.39, 0.29) is 24.0 Å². The Morgan fingerprint density at radius 1 is 1.24 bits per heavy atom. The highest BCUT2D eigenvalue weighted by Gasteiger charge is 2.24. The van der Waals surface area contributed by atoms with Gasteiger partial charge in [-0.25, -0.2) is 4.39 Å². The lowest BCUT2D eigenvalue weighted by Gasteiger charge is -2.31. The van der Waals surface area contributed by atoms with Crippen LogP contribution in [0.2, 0.25) is 0 Å². The number of hydrogen-bond donors (Lipinski definition) is 2. The first-order chi connectivity index (χ1) is 8.16. The number of aliphatic hydroxyl groups excluding tert-OH is 1. The van der Waals surface area contributed by atoms with Crippen molar-refractivity contribution in [1.29, 1.82) is 0 Å². The Labute approximate surface area is 102 Å². The van der Waals surface area contributed by atoms with Crippen molar-refractivity contribution in [2.24, 2.45) is 0 Å². The van der Waals surface area contributed by atoms with Crippen LogP contribution >= 0.6 is 0 Å². The molecule has 94 valence electrons. The molecule has 1 aromatic rings. The lowest BCUT2D eigenvalue weighted by Crippen LogP contribution is -2.43. The molecule has 1 aliphatic carbocycles. The van der Waals surface area contributed by atoms with Gasteiger partial charge in [0.05, 0.1) is 6.10 Å². The van der Waals surface area contributed by atoms with E-state index >= 15 is 0 Å². The summed E-state index contributed by atoms with van der Waals surface area (Å²) in [6, 6.07) is 6.86. The molecule has 1 saturated carbocycles. The molecule has 17 heavy (non-hydrogen) atoms. The Bertz CT molecular complexity index is 352. The monoisotopic (exact) mass is 237 g/mol. The lowest BCUT2D eigenvalue weighted by molar-refractivity contribution is 0.0860. The summed E-state index contributed by atoms with van der Waals surface area (Å²) in [5, 5.41) is 13.3. The maximum absolute atomic E-state index is 12.8. The van der Waals surface area contributed by atoms with Crippen molar-refractivity contribution in [3.05, 3.63) is 35.6 Å². The number of hydrogen-bond acceptors (Lipinski definition) is 2. The first-order valence-corrected chi connectivity index (χ1v) is 6.36. The summed E-state index contributed by atoms with van der Waals surface area (Å²) >= 11 is 0. The minimum absolute atomic E-state index is 0.147. The van der Waals surface area contributed by atoms with Crippen molar-refractivity contribution >= 4 is 0 Å². The van der Waals surface area contributed by atoms with Gasteiger partial charge in [-0.05, 0) is 37.5 Å². The molecule has 0 heterocycles. The van der Waals surface area contributed by atoms with Crippen LogP contribution in [0.3, 0.4) is 0 Å². The highest BCUT2D eigenvalue weighted by Crippen LogP contribution is 2.22. The summed E-state index contributed by atoms with van der Waals surface area (Å²) in [6.45, 7) is 2.05. The van der Waals surface area contributed by atoms with E-state index in [4.69, 9.17) is 0 Å². The van der Waals surface area contributed by atoms with Crippen LogP contribution in [0, 0.1) is 5.82 Å². The zero-order chi connectivity index (χ0) is 12.3. The molecule has 1 aliphatic rings. The molecule has 0 saturated heterocycles. The second kappa shape index (κ2) is 5.61. The molecule has 0 unspecified atom stereocenters. The largest absolute Gasteiger partial charge is 0.392 e. The zero-order valence-corrected chi connectivity index (χ0v) is 10.2. The van der Waals surface area contributed by atoms with E-state index in [1.165, 1.54) is 18.6 Å². The zero-order valence-electron chi connectivity index (χ0n) is 10.2. The van der Waals surface area contributed by atoms with Gasteiger partial charge in [-0.1, -0.05) is 25.0 Å². The van der Waals surface area contributed by atoms with E-state index in [1.807, 2.05) is 0 Å². The SMILES string of the molecule is C[C@H](N[C@@H]1CCCC[C@H]1O)c1ccc(F)cc1. The second-order valence-corrected chi connectivity index (χ2v) is 4.90. The van der Waals surface area contributed by atoms with Crippen LogP contribution < -0.4 is 5.32 Å². The molecule has 0 bridgehead atoms. The van der Waals surface area contributed by atoms with Crippen molar-refractivity contribution in [2.75, 3.05) is 0 Å². The van der Waals surface area contributed by atoms with Gasteiger partial charge in [-0.15, -0.1) is 0 Å². The molecule has 2 rings (SSSR count). The molecule has 0 spiro atoms. The van der Waals surface area contributed by atoms with Gasteiger partial charge in [0.25, 0.3) is 0 Å². The fourth-order valence-corrected chi connectivity index (χ4v) is 2.47. The lowest BCUT2D eigenvalue weighted by atomic mass is 9.91. The number of benzene rings is 1. The topological polar surface area (TPSA) is 32.3 Å². The summed E-state index contributed by atoms with van der Waals surface area (Å²) in [5.74, 6) is -0.210. The molecule has 0 aliphatic heterocycles. The van der Waals surface area contributed by atoms with E-state index in [0.29, 0.717) is 0 Å². The molecular formula is C14H20FNO. The van der Waals surface area contributed by atoms with Gasteiger partial charge < -0.3 is 10.4 Å². The maximum Gasteiger partial charge on any atom is 0.123 e. The van der Waals surface area contributed by atoms with E-state index in [9.17, 15) is 9.50 Å². The van der Waals surface area contributed by atoms with Crippen molar-refractivity contribution < 1.29 is 9.50 Å². The number of rotatable bonds is 3. The summed E-state index contributed by atoms with van der Waals surface area (Å²) < 4.78 is 12.8. The Hall–Kier alpha value is -0.930. The summed E-state index contributed by atoms with van der Waals surface area (Å²) in [6.07, 6.45) is 3.95. The van der Waals surface area contributed by atoms with Crippen LogP contribution in [0.15, 0.2) is 24.3 Å². The predicted molar refractivity (Wildman–Crippen MR) is 66.2 cm³/mol. The van der Waals surface area contributed by atoms with E-state index in [0.717, 1.165) is 24.8 Å². The van der Waals surface area contributed by atoms with Gasteiger partial charge in [0.1, 0.15) is 5.82 Å². The third-order valence-electron chi connectivity index (χ3n) is 3.56. The standard InChI is InChI=1S/C14H20FNO/c1-10(11-6-8-12(15)9-7-11)16-13-4-2-3-5-14(13)17/h6-10,13-14,16-17H,2-5H2,1H3/t10-,13+,14+/m0/s1. The van der Waals surface area contributed by atoms with Crippen LogP contribution in [0.4, 0.5) is 4.39 Å². The van der Waals surface area contributed by atoms with Gasteiger partial charge in [0, 0.05) is 12.1 Å². The molecule has 3 heteroatoms. The fraction of sp³-hybridized carbons (Fsp3) is 0.571. The summed E-state index contributed by atoms with van der Waals surface area (Å²) in [4.78, 5) is 0. The third kappa shape index (κ3) is 3.27. The van der Waals surface area contributed by atoms with Crippen LogP contribution in [-0.2, 0) is 0 Å². The van der Waals surface area contributed by atoms with E-state index in [2.05, 4.69) is 12.2 Å². The third-order valence-corrected chi connectivity index (χ3v) is 3.56. The Balaban J connectivity index is 1.95. The van der Waals surface area contributed by atoms with E-state index < -0.39 is 0 Å². The normalized spacial score (nSPS) is 26.8. The van der Waals surface area contributed by atoms with Crippen LogP contribution in [0.25, 0.3) is 0 Å². The van der Waals surface area contributed by atoms with Crippen molar-refractivity contribution in [3.8, 4) is 0 Å². The van der Waals surface area contributed by atoms with Crippen LogP contribution in [-0.4, -0.2) is 17.3 Å². The molecule has 1 fully saturated rings. The van der Waals surface area contributed by atoms with Crippen molar-refractivity contribution in [2.45, 2.75) is 50.8 Å². The minimum Gasteiger partial charge on any atom is -0.392 e. The smallest absolute Gasteiger partial charge is 0.123 e. The molecule has 0 radical (unpaired) electrons. The summed E-state index contributed by atoms with van der Waals surface area (Å²) in [5.41, 5.74) is 1.06. The van der Waals surface area contributed by atoms with E-state index in [1.54, 1.807) is 12.1 Å². The first-order valence-electron chi connectivity index (χ1n) is 6.36. The van der Waals surface area contributed by atoms with Gasteiger partial charge in [-0.2, -0.15) is 0 Å². The highest BCUT2D eigenvalue weighted by atomic mass is 19.1.